The van der Waals surface area contributed by atoms with Crippen LogP contribution in [0, 0.1) is 6.92 Å². The highest BCUT2D eigenvalue weighted by Gasteiger charge is 2.16. The van der Waals surface area contributed by atoms with Gasteiger partial charge in [-0.3, -0.25) is 14.2 Å². The van der Waals surface area contributed by atoms with E-state index >= 15 is 0 Å². The quantitative estimate of drug-likeness (QED) is 0.272. The molecule has 0 aliphatic carbocycles. The maximum Gasteiger partial charge on any atom is 0.266 e. The zero-order chi connectivity index (χ0) is 23.4. The van der Waals surface area contributed by atoms with Crippen molar-refractivity contribution in [2.24, 2.45) is 0 Å². The molecule has 0 spiro atoms. The van der Waals surface area contributed by atoms with E-state index in [1.54, 1.807) is 28.8 Å². The first-order valence-electron chi connectivity index (χ1n) is 10.4. The summed E-state index contributed by atoms with van der Waals surface area (Å²) < 4.78 is 1.59. The van der Waals surface area contributed by atoms with Gasteiger partial charge in [-0.25, -0.2) is 4.98 Å². The highest BCUT2D eigenvalue weighted by molar-refractivity contribution is 7.99. The van der Waals surface area contributed by atoms with Gasteiger partial charge in [-0.1, -0.05) is 71.4 Å². The van der Waals surface area contributed by atoms with Crippen LogP contribution in [0.2, 0.25) is 10.0 Å². The van der Waals surface area contributed by atoms with Crippen LogP contribution in [0.1, 0.15) is 11.1 Å². The minimum atomic E-state index is -0.157. The molecule has 8 heteroatoms. The van der Waals surface area contributed by atoms with E-state index in [2.05, 4.69) is 10.3 Å². The molecule has 1 heterocycles. The fourth-order valence-electron chi connectivity index (χ4n) is 3.48. The summed E-state index contributed by atoms with van der Waals surface area (Å²) in [5.74, 6) is -0.0193. The Balaban J connectivity index is 1.52. The third-order valence-corrected chi connectivity index (χ3v) is 6.69. The van der Waals surface area contributed by atoms with Gasteiger partial charge in [0, 0.05) is 16.6 Å². The van der Waals surface area contributed by atoms with Crippen LogP contribution in [0.25, 0.3) is 16.6 Å². The van der Waals surface area contributed by atoms with E-state index in [4.69, 9.17) is 23.2 Å². The third-order valence-electron chi connectivity index (χ3n) is 5.17. The fourth-order valence-corrected chi connectivity index (χ4v) is 4.82. The topological polar surface area (TPSA) is 64.0 Å². The number of hydrogen-bond acceptors (Lipinski definition) is 4. The smallest absolute Gasteiger partial charge is 0.266 e. The number of para-hydroxylation sites is 2. The van der Waals surface area contributed by atoms with Crippen molar-refractivity contribution in [3.8, 4) is 5.69 Å². The lowest BCUT2D eigenvalue weighted by Gasteiger charge is -2.15. The molecule has 0 aliphatic rings. The number of thioether (sulfide) groups is 1. The summed E-state index contributed by atoms with van der Waals surface area (Å²) in [5, 5.41) is 5.06. The summed E-state index contributed by atoms with van der Waals surface area (Å²) in [6.07, 6.45) is 0.592. The van der Waals surface area contributed by atoms with E-state index in [9.17, 15) is 9.59 Å². The number of aryl methyl sites for hydroxylation is 1. The van der Waals surface area contributed by atoms with E-state index in [0.717, 1.165) is 16.8 Å². The average molecular weight is 498 g/mol. The number of benzene rings is 3. The molecular formula is C25H21Cl2N3O2S. The Bertz CT molecular complexity index is 1390. The lowest BCUT2D eigenvalue weighted by Crippen LogP contribution is -2.28. The lowest BCUT2D eigenvalue weighted by molar-refractivity contribution is -0.118. The first-order valence-corrected chi connectivity index (χ1v) is 12.1. The number of nitrogens with zero attached hydrogens (tertiary/aromatic N) is 2. The monoisotopic (exact) mass is 497 g/mol. The number of amides is 1. The van der Waals surface area contributed by atoms with Crippen molar-refractivity contribution in [1.29, 1.82) is 0 Å². The van der Waals surface area contributed by atoms with Crippen molar-refractivity contribution in [1.82, 2.24) is 14.9 Å². The number of fused-ring (bicyclic) bond motifs is 1. The Hall–Kier alpha value is -2.80. The first-order chi connectivity index (χ1) is 15.9. The maximum atomic E-state index is 13.3. The van der Waals surface area contributed by atoms with E-state index in [0.29, 0.717) is 39.1 Å². The van der Waals surface area contributed by atoms with Gasteiger partial charge in [0.15, 0.2) is 5.16 Å². The number of carbonyl (C=O) groups excluding carboxylic acids is 1. The second-order valence-electron chi connectivity index (χ2n) is 7.46. The highest BCUT2D eigenvalue weighted by atomic mass is 35.5. The van der Waals surface area contributed by atoms with E-state index in [-0.39, 0.29) is 17.2 Å². The summed E-state index contributed by atoms with van der Waals surface area (Å²) in [5.41, 5.74) is 3.06. The highest BCUT2D eigenvalue weighted by Crippen LogP contribution is 2.23. The minimum Gasteiger partial charge on any atom is -0.355 e. The van der Waals surface area contributed by atoms with Crippen LogP contribution in [-0.4, -0.2) is 27.8 Å². The van der Waals surface area contributed by atoms with Crippen LogP contribution in [-0.2, 0) is 11.2 Å². The van der Waals surface area contributed by atoms with Gasteiger partial charge >= 0.3 is 0 Å². The Morgan fingerprint density at radius 1 is 1.06 bits per heavy atom. The second kappa shape index (κ2) is 10.4. The molecular weight excluding hydrogens is 477 g/mol. The summed E-state index contributed by atoms with van der Waals surface area (Å²) in [6, 6.07) is 20.2. The molecule has 4 rings (SSSR count). The first kappa shape index (κ1) is 23.4. The fraction of sp³-hybridized carbons (Fsp3) is 0.160. The molecule has 0 unspecified atom stereocenters. The van der Waals surface area contributed by atoms with Crippen LogP contribution in [0.3, 0.4) is 0 Å². The number of halogens is 2. The van der Waals surface area contributed by atoms with Crippen molar-refractivity contribution >= 4 is 51.8 Å². The summed E-state index contributed by atoms with van der Waals surface area (Å²) in [7, 11) is 0. The summed E-state index contributed by atoms with van der Waals surface area (Å²) in [6.45, 7) is 2.39. The van der Waals surface area contributed by atoms with Gasteiger partial charge in [0.25, 0.3) is 5.56 Å². The number of aromatic nitrogens is 2. The van der Waals surface area contributed by atoms with Crippen LogP contribution in [0.15, 0.2) is 76.7 Å². The van der Waals surface area contributed by atoms with Crippen molar-refractivity contribution in [3.63, 3.8) is 0 Å². The van der Waals surface area contributed by atoms with Crippen molar-refractivity contribution in [3.05, 3.63) is 98.3 Å². The Morgan fingerprint density at radius 2 is 1.82 bits per heavy atom. The maximum absolute atomic E-state index is 13.3. The average Bonchev–Trinajstić information content (AvgIpc) is 2.80. The van der Waals surface area contributed by atoms with Gasteiger partial charge < -0.3 is 5.32 Å². The van der Waals surface area contributed by atoms with Gasteiger partial charge in [0.1, 0.15) is 0 Å². The number of rotatable bonds is 7. The van der Waals surface area contributed by atoms with Gasteiger partial charge in [-0.15, -0.1) is 0 Å². The SMILES string of the molecule is Cc1ccccc1-n1c(SCC(=O)NCCc2ccc(Cl)cc2Cl)nc2ccccc2c1=O. The predicted octanol–water partition coefficient (Wildman–Crippen LogP) is 5.45. The van der Waals surface area contributed by atoms with E-state index in [1.165, 1.54) is 11.8 Å². The van der Waals surface area contributed by atoms with E-state index in [1.807, 2.05) is 49.4 Å². The molecule has 1 N–H and O–H groups in total. The third kappa shape index (κ3) is 5.41. The molecule has 168 valence electrons. The molecule has 0 saturated heterocycles. The van der Waals surface area contributed by atoms with E-state index < -0.39 is 0 Å². The second-order valence-corrected chi connectivity index (χ2v) is 9.25. The molecule has 0 saturated carbocycles. The summed E-state index contributed by atoms with van der Waals surface area (Å²) >= 11 is 13.4. The molecule has 0 bridgehead atoms. The number of carbonyl (C=O) groups is 1. The molecule has 1 amide bonds. The Morgan fingerprint density at radius 3 is 2.61 bits per heavy atom. The van der Waals surface area contributed by atoms with Gasteiger partial charge in [-0.05, 0) is 54.8 Å². The van der Waals surface area contributed by atoms with Gasteiger partial charge in [-0.2, -0.15) is 0 Å². The van der Waals surface area contributed by atoms with Crippen LogP contribution < -0.4 is 10.9 Å². The molecule has 0 aliphatic heterocycles. The number of hydrogen-bond donors (Lipinski definition) is 1. The van der Waals surface area contributed by atoms with Crippen molar-refractivity contribution in [2.75, 3.05) is 12.3 Å². The molecule has 33 heavy (non-hydrogen) atoms. The normalized spacial score (nSPS) is 11.0. The van der Waals surface area contributed by atoms with Crippen molar-refractivity contribution in [2.45, 2.75) is 18.5 Å². The standard InChI is InChI=1S/C25H21Cl2N3O2S/c1-16-6-2-5-9-22(16)30-24(32)19-7-3-4-8-21(19)29-25(30)33-15-23(31)28-13-12-17-10-11-18(26)14-20(17)27/h2-11,14H,12-13,15H2,1H3,(H,28,31). The lowest BCUT2D eigenvalue weighted by atomic mass is 10.1. The van der Waals surface area contributed by atoms with Crippen LogP contribution in [0.5, 0.6) is 0 Å². The molecule has 3 aromatic carbocycles. The zero-order valence-electron chi connectivity index (χ0n) is 17.8. The van der Waals surface area contributed by atoms with Crippen molar-refractivity contribution < 1.29 is 4.79 Å². The zero-order valence-corrected chi connectivity index (χ0v) is 20.2. The van der Waals surface area contributed by atoms with Gasteiger partial charge in [0.05, 0.1) is 22.3 Å². The Labute approximate surface area is 205 Å². The molecule has 0 atom stereocenters. The van der Waals surface area contributed by atoms with Gasteiger partial charge in [0.2, 0.25) is 5.91 Å². The minimum absolute atomic E-state index is 0.130. The molecule has 1 aromatic heterocycles. The summed E-state index contributed by atoms with van der Waals surface area (Å²) in [4.78, 5) is 30.5. The molecule has 4 aromatic rings. The van der Waals surface area contributed by atoms with Crippen LogP contribution >= 0.6 is 35.0 Å². The largest absolute Gasteiger partial charge is 0.355 e. The molecule has 5 nitrogen and oxygen atoms in total. The van der Waals surface area contributed by atoms with Crippen LogP contribution in [0.4, 0.5) is 0 Å². The predicted molar refractivity (Wildman–Crippen MR) is 136 cm³/mol. The molecule has 0 fully saturated rings. The number of nitrogens with one attached hydrogen (secondary N) is 1. The molecule has 0 radical (unpaired) electrons. The Kier molecular flexibility index (Phi) is 7.38.